The van der Waals surface area contributed by atoms with Crippen LogP contribution in [-0.2, 0) is 9.59 Å². The fourth-order valence-corrected chi connectivity index (χ4v) is 2.08. The van der Waals surface area contributed by atoms with E-state index >= 15 is 0 Å². The highest BCUT2D eigenvalue weighted by Gasteiger charge is 2.28. The smallest absolute Gasteiger partial charge is 0.335 e. The molecular weight excluding hydrogens is 314 g/mol. The van der Waals surface area contributed by atoms with Crippen LogP contribution in [0.1, 0.15) is 6.92 Å². The highest BCUT2D eigenvalue weighted by molar-refractivity contribution is 5.95. The van der Waals surface area contributed by atoms with Crippen molar-refractivity contribution in [2.45, 2.75) is 13.2 Å². The highest BCUT2D eigenvalue weighted by atomic mass is 16.4. The molecule has 0 aromatic heterocycles. The van der Waals surface area contributed by atoms with Gasteiger partial charge in [0.25, 0.3) is 5.91 Å². The van der Waals surface area contributed by atoms with E-state index in [0.717, 1.165) is 0 Å². The first-order valence-corrected chi connectivity index (χ1v) is 7.35. The first kappa shape index (κ1) is 19.2. The second-order valence-corrected chi connectivity index (χ2v) is 4.82. The summed E-state index contributed by atoms with van der Waals surface area (Å²) in [6.07, 6.45) is 4.44. The van der Waals surface area contributed by atoms with Crippen molar-refractivity contribution in [2.75, 3.05) is 27.3 Å². The molecule has 0 radical (unpaired) electrons. The van der Waals surface area contributed by atoms with Crippen molar-refractivity contribution in [3.05, 3.63) is 35.3 Å². The number of rotatable bonds is 8. The molecule has 9 nitrogen and oxygen atoms in total. The van der Waals surface area contributed by atoms with Crippen molar-refractivity contribution >= 4 is 18.1 Å². The van der Waals surface area contributed by atoms with E-state index in [1.54, 1.807) is 24.9 Å². The standard InChI is InChI=1S/C15H23N5O4/c1-4-5-10(15(23)24)6-7-18-11(21)8-20-9-19-13(16-2)12(20)14(22)17-3/h4-7,11,16,19,21H,8-9H2,1-3H3,(H,17,22)(H,23,24)/b5-4-,10-6+,18-7?. The molecule has 1 atom stereocenters. The molecule has 24 heavy (non-hydrogen) atoms. The lowest BCUT2D eigenvalue weighted by Crippen LogP contribution is -2.36. The first-order chi connectivity index (χ1) is 11.4. The number of aliphatic carboxylic acids is 1. The van der Waals surface area contributed by atoms with E-state index < -0.39 is 12.2 Å². The van der Waals surface area contributed by atoms with Gasteiger partial charge in [-0.3, -0.25) is 9.79 Å². The van der Waals surface area contributed by atoms with E-state index in [1.807, 2.05) is 0 Å². The molecule has 0 spiro atoms. The Morgan fingerprint density at radius 3 is 2.71 bits per heavy atom. The van der Waals surface area contributed by atoms with Crippen molar-refractivity contribution in [1.29, 1.82) is 0 Å². The van der Waals surface area contributed by atoms with Crippen molar-refractivity contribution in [3.8, 4) is 0 Å². The summed E-state index contributed by atoms with van der Waals surface area (Å²) in [6.45, 7) is 2.13. The second kappa shape index (κ2) is 9.36. The Hall–Kier alpha value is -2.81. The number of aliphatic hydroxyl groups excluding tert-OH is 1. The summed E-state index contributed by atoms with van der Waals surface area (Å²) in [5.74, 6) is -0.811. The Morgan fingerprint density at radius 1 is 1.46 bits per heavy atom. The molecule has 1 heterocycles. The van der Waals surface area contributed by atoms with E-state index in [-0.39, 0.29) is 18.0 Å². The van der Waals surface area contributed by atoms with E-state index in [1.165, 1.54) is 25.4 Å². The van der Waals surface area contributed by atoms with Gasteiger partial charge in [0.15, 0.2) is 6.23 Å². The maximum absolute atomic E-state index is 11.9. The number of β-amino-alcohol motifs (C(OH)–C–C–N with tert-alkyl or cyclic N) is 1. The van der Waals surface area contributed by atoms with Crippen LogP contribution in [0.15, 0.2) is 40.3 Å². The van der Waals surface area contributed by atoms with Crippen LogP contribution in [0.2, 0.25) is 0 Å². The molecule has 0 saturated carbocycles. The Kier molecular flexibility index (Phi) is 7.50. The number of nitrogens with one attached hydrogen (secondary N) is 3. The van der Waals surface area contributed by atoms with E-state index in [9.17, 15) is 14.7 Å². The van der Waals surface area contributed by atoms with Crippen molar-refractivity contribution < 1.29 is 19.8 Å². The third-order valence-electron chi connectivity index (χ3n) is 3.18. The van der Waals surface area contributed by atoms with Crippen LogP contribution in [0.3, 0.4) is 0 Å². The van der Waals surface area contributed by atoms with E-state index in [2.05, 4.69) is 20.9 Å². The minimum Gasteiger partial charge on any atom is -0.478 e. The van der Waals surface area contributed by atoms with Crippen LogP contribution in [0, 0.1) is 0 Å². The van der Waals surface area contributed by atoms with Crippen LogP contribution >= 0.6 is 0 Å². The molecule has 0 fully saturated rings. The second-order valence-electron chi connectivity index (χ2n) is 4.82. The molecule has 0 aliphatic carbocycles. The van der Waals surface area contributed by atoms with Gasteiger partial charge in [0.05, 0.1) is 18.8 Å². The number of likely N-dealkylation sites (N-methyl/N-ethyl adjacent to an activating group) is 1. The van der Waals surface area contributed by atoms with Gasteiger partial charge >= 0.3 is 5.97 Å². The lowest BCUT2D eigenvalue weighted by molar-refractivity contribution is -0.132. The first-order valence-electron chi connectivity index (χ1n) is 7.35. The predicted molar refractivity (Wildman–Crippen MR) is 89.9 cm³/mol. The summed E-state index contributed by atoms with van der Waals surface area (Å²) in [4.78, 5) is 28.4. The van der Waals surface area contributed by atoms with Gasteiger partial charge in [-0.1, -0.05) is 12.2 Å². The van der Waals surface area contributed by atoms with Crippen LogP contribution in [0.25, 0.3) is 0 Å². The molecule has 1 rings (SSSR count). The number of aliphatic hydroxyl groups is 1. The number of hydrogen-bond donors (Lipinski definition) is 5. The maximum atomic E-state index is 11.9. The van der Waals surface area contributed by atoms with Gasteiger partial charge in [0, 0.05) is 20.3 Å². The summed E-state index contributed by atoms with van der Waals surface area (Å²) < 4.78 is 0. The topological polar surface area (TPSA) is 126 Å². The normalized spacial score (nSPS) is 16.7. The Labute approximate surface area is 140 Å². The third kappa shape index (κ3) is 5.13. The molecule has 0 saturated heterocycles. The third-order valence-corrected chi connectivity index (χ3v) is 3.18. The number of carboxylic acids is 1. The van der Waals surface area contributed by atoms with Gasteiger partial charge in [-0.05, 0) is 13.0 Å². The van der Waals surface area contributed by atoms with Crippen LogP contribution < -0.4 is 16.0 Å². The molecule has 1 aliphatic heterocycles. The predicted octanol–water partition coefficient (Wildman–Crippen LogP) is -1.04. The molecule has 1 aliphatic rings. The number of allylic oxidation sites excluding steroid dienone is 2. The SMILES string of the molecule is C/C=C\C(=C/C=NC(O)CN1CNC(NC)=C1C(=O)NC)C(=O)O. The summed E-state index contributed by atoms with van der Waals surface area (Å²) in [5, 5.41) is 27.4. The zero-order chi connectivity index (χ0) is 18.1. The zero-order valence-electron chi connectivity index (χ0n) is 13.9. The number of carbonyl (C=O) groups is 2. The van der Waals surface area contributed by atoms with Crippen molar-refractivity contribution in [1.82, 2.24) is 20.9 Å². The van der Waals surface area contributed by atoms with E-state index in [0.29, 0.717) is 18.2 Å². The molecule has 1 unspecified atom stereocenters. The Bertz CT molecular complexity index is 595. The van der Waals surface area contributed by atoms with Crippen molar-refractivity contribution in [2.24, 2.45) is 4.99 Å². The maximum Gasteiger partial charge on any atom is 0.335 e. The van der Waals surface area contributed by atoms with Gasteiger partial charge in [-0.15, -0.1) is 0 Å². The lowest BCUT2D eigenvalue weighted by Gasteiger charge is -2.21. The molecule has 0 aromatic carbocycles. The molecule has 0 bridgehead atoms. The molecule has 5 N–H and O–H groups in total. The number of nitrogens with zero attached hydrogens (tertiary/aromatic N) is 2. The number of aliphatic imine (C=N–C) groups is 1. The summed E-state index contributed by atoms with van der Waals surface area (Å²) in [5.41, 5.74) is 0.435. The zero-order valence-corrected chi connectivity index (χ0v) is 13.9. The van der Waals surface area contributed by atoms with E-state index in [4.69, 9.17) is 5.11 Å². The molecule has 9 heteroatoms. The van der Waals surface area contributed by atoms with Gasteiger partial charge in [-0.25, -0.2) is 4.79 Å². The number of hydrogen-bond acceptors (Lipinski definition) is 7. The largest absolute Gasteiger partial charge is 0.478 e. The monoisotopic (exact) mass is 337 g/mol. The van der Waals surface area contributed by atoms with Crippen LogP contribution in [0.5, 0.6) is 0 Å². The van der Waals surface area contributed by atoms with Crippen LogP contribution in [0.4, 0.5) is 0 Å². The lowest BCUT2D eigenvalue weighted by atomic mass is 10.2. The number of carboxylic acid groups (broad SMARTS) is 1. The highest BCUT2D eigenvalue weighted by Crippen LogP contribution is 2.14. The summed E-state index contributed by atoms with van der Waals surface area (Å²) in [6, 6.07) is 0. The molecule has 132 valence electrons. The quantitative estimate of drug-likeness (QED) is 0.217. The summed E-state index contributed by atoms with van der Waals surface area (Å²) in [7, 11) is 3.20. The average molecular weight is 337 g/mol. The molecular formula is C15H23N5O4. The minimum absolute atomic E-state index is 0.0553. The summed E-state index contributed by atoms with van der Waals surface area (Å²) >= 11 is 0. The average Bonchev–Trinajstić information content (AvgIpc) is 2.95. The Morgan fingerprint density at radius 2 is 2.17 bits per heavy atom. The van der Waals surface area contributed by atoms with Crippen molar-refractivity contribution in [3.63, 3.8) is 0 Å². The fourth-order valence-electron chi connectivity index (χ4n) is 2.08. The van der Waals surface area contributed by atoms with Gasteiger partial charge in [0.2, 0.25) is 0 Å². The van der Waals surface area contributed by atoms with Gasteiger partial charge in [0.1, 0.15) is 11.5 Å². The van der Waals surface area contributed by atoms with Crippen LogP contribution in [-0.4, -0.2) is 66.7 Å². The Balaban J connectivity index is 2.77. The fraction of sp³-hybridized carbons (Fsp3) is 0.400. The number of carbonyl (C=O) groups excluding carboxylic acids is 1. The molecule has 0 aromatic rings. The molecule has 1 amide bonds. The minimum atomic E-state index is -1.11. The number of amides is 1. The van der Waals surface area contributed by atoms with Gasteiger partial charge in [-0.2, -0.15) is 0 Å². The van der Waals surface area contributed by atoms with Gasteiger partial charge < -0.3 is 31.1 Å².